The molecular weight excluding hydrogens is 342 g/mol. The van der Waals surface area contributed by atoms with E-state index in [1.807, 2.05) is 17.6 Å². The SMILES string of the molecule is CC/C=C(\CCC)c1cc2c(Nc3ccc4ncsc4c3)ncnc2[nH]1. The van der Waals surface area contributed by atoms with Crippen LogP contribution in [0, 0.1) is 0 Å². The van der Waals surface area contributed by atoms with Crippen molar-refractivity contribution in [3.05, 3.63) is 47.9 Å². The number of hydrogen-bond donors (Lipinski definition) is 2. The molecule has 0 aliphatic carbocycles. The van der Waals surface area contributed by atoms with E-state index >= 15 is 0 Å². The number of aromatic nitrogens is 4. The predicted octanol–water partition coefficient (Wildman–Crippen LogP) is 5.90. The number of fused-ring (bicyclic) bond motifs is 2. The Morgan fingerprint density at radius 1 is 1.19 bits per heavy atom. The molecule has 0 unspecified atom stereocenters. The van der Waals surface area contributed by atoms with E-state index in [4.69, 9.17) is 0 Å². The number of benzene rings is 1. The van der Waals surface area contributed by atoms with Gasteiger partial charge in [-0.3, -0.25) is 0 Å². The zero-order valence-corrected chi connectivity index (χ0v) is 15.7. The Hall–Kier alpha value is -2.73. The molecule has 0 radical (unpaired) electrons. The minimum Gasteiger partial charge on any atom is -0.340 e. The summed E-state index contributed by atoms with van der Waals surface area (Å²) in [5, 5.41) is 4.44. The molecular formula is C20H21N5S. The Bertz CT molecular complexity index is 1080. The highest BCUT2D eigenvalue weighted by molar-refractivity contribution is 7.16. The number of nitrogens with zero attached hydrogens (tertiary/aromatic N) is 3. The van der Waals surface area contributed by atoms with Crippen LogP contribution in [0.1, 0.15) is 38.8 Å². The lowest BCUT2D eigenvalue weighted by Crippen LogP contribution is -1.94. The molecule has 26 heavy (non-hydrogen) atoms. The predicted molar refractivity (Wildman–Crippen MR) is 110 cm³/mol. The van der Waals surface area contributed by atoms with E-state index in [0.717, 1.165) is 57.7 Å². The average Bonchev–Trinajstić information content (AvgIpc) is 3.28. The van der Waals surface area contributed by atoms with Gasteiger partial charge in [-0.25, -0.2) is 15.0 Å². The largest absolute Gasteiger partial charge is 0.340 e. The van der Waals surface area contributed by atoms with Crippen molar-refractivity contribution in [2.45, 2.75) is 33.1 Å². The first-order valence-electron chi connectivity index (χ1n) is 8.92. The number of nitrogens with one attached hydrogen (secondary N) is 2. The normalized spacial score (nSPS) is 12.2. The van der Waals surface area contributed by atoms with Gasteiger partial charge in [0.15, 0.2) is 0 Å². The van der Waals surface area contributed by atoms with Crippen molar-refractivity contribution in [1.82, 2.24) is 19.9 Å². The fraction of sp³-hybridized carbons (Fsp3) is 0.250. The van der Waals surface area contributed by atoms with Crippen LogP contribution in [0.3, 0.4) is 0 Å². The molecule has 4 aromatic rings. The van der Waals surface area contributed by atoms with Gasteiger partial charge in [0, 0.05) is 11.4 Å². The maximum absolute atomic E-state index is 4.46. The molecule has 0 aliphatic heterocycles. The second-order valence-electron chi connectivity index (χ2n) is 6.22. The molecule has 0 fully saturated rings. The second kappa shape index (κ2) is 7.25. The first kappa shape index (κ1) is 16.7. The fourth-order valence-electron chi connectivity index (χ4n) is 3.14. The van der Waals surface area contributed by atoms with Gasteiger partial charge in [-0.05, 0) is 42.7 Å². The number of H-pyrrole nitrogens is 1. The standard InChI is InChI=1S/C20H21N5S/c1-3-5-13(6-4-2)17-10-15-19(21-11-22-20(15)25-17)24-14-7-8-16-18(9-14)26-12-23-16/h5,7-12H,3-4,6H2,1-2H3,(H2,21,22,24,25)/b13-5+. The zero-order valence-electron chi connectivity index (χ0n) is 14.9. The van der Waals surface area contributed by atoms with Gasteiger partial charge in [-0.15, -0.1) is 11.3 Å². The summed E-state index contributed by atoms with van der Waals surface area (Å²) in [6.07, 6.45) is 7.08. The summed E-state index contributed by atoms with van der Waals surface area (Å²) in [6.45, 7) is 4.37. The van der Waals surface area contributed by atoms with E-state index in [-0.39, 0.29) is 0 Å². The van der Waals surface area contributed by atoms with E-state index in [0.29, 0.717) is 0 Å². The smallest absolute Gasteiger partial charge is 0.143 e. The summed E-state index contributed by atoms with van der Waals surface area (Å²) in [5.74, 6) is 0.814. The minimum absolute atomic E-state index is 0.814. The Balaban J connectivity index is 1.72. The topological polar surface area (TPSA) is 66.5 Å². The van der Waals surface area contributed by atoms with Crippen molar-refractivity contribution in [2.24, 2.45) is 0 Å². The highest BCUT2D eigenvalue weighted by atomic mass is 32.1. The summed E-state index contributed by atoms with van der Waals surface area (Å²) in [5.41, 5.74) is 7.21. The van der Waals surface area contributed by atoms with Crippen molar-refractivity contribution in [3.63, 3.8) is 0 Å². The molecule has 0 atom stereocenters. The third-order valence-electron chi connectivity index (χ3n) is 4.34. The maximum Gasteiger partial charge on any atom is 0.143 e. The van der Waals surface area contributed by atoms with Gasteiger partial charge in [0.25, 0.3) is 0 Å². The van der Waals surface area contributed by atoms with Crippen LogP contribution in [0.5, 0.6) is 0 Å². The van der Waals surface area contributed by atoms with Crippen molar-refractivity contribution in [2.75, 3.05) is 5.32 Å². The Morgan fingerprint density at radius 2 is 2.12 bits per heavy atom. The highest BCUT2D eigenvalue weighted by Gasteiger charge is 2.11. The van der Waals surface area contributed by atoms with Crippen molar-refractivity contribution < 1.29 is 0 Å². The van der Waals surface area contributed by atoms with Gasteiger partial charge in [-0.2, -0.15) is 0 Å². The van der Waals surface area contributed by atoms with Crippen molar-refractivity contribution in [1.29, 1.82) is 0 Å². The molecule has 132 valence electrons. The molecule has 2 N–H and O–H groups in total. The van der Waals surface area contributed by atoms with Crippen LogP contribution in [0.4, 0.5) is 11.5 Å². The third-order valence-corrected chi connectivity index (χ3v) is 5.13. The molecule has 3 aromatic heterocycles. The molecule has 0 aliphatic rings. The summed E-state index contributed by atoms with van der Waals surface area (Å²) in [7, 11) is 0. The lowest BCUT2D eigenvalue weighted by molar-refractivity contribution is 0.962. The number of aromatic amines is 1. The van der Waals surface area contributed by atoms with Crippen LogP contribution in [0.2, 0.25) is 0 Å². The molecule has 1 aromatic carbocycles. The maximum atomic E-state index is 4.46. The van der Waals surface area contributed by atoms with Crippen LogP contribution in [0.15, 0.2) is 42.2 Å². The molecule has 0 bridgehead atoms. The first-order chi connectivity index (χ1) is 12.8. The highest BCUT2D eigenvalue weighted by Crippen LogP contribution is 2.29. The molecule has 0 amide bonds. The molecule has 5 nitrogen and oxygen atoms in total. The van der Waals surface area contributed by atoms with Crippen LogP contribution >= 0.6 is 11.3 Å². The summed E-state index contributed by atoms with van der Waals surface area (Å²) >= 11 is 1.64. The lowest BCUT2D eigenvalue weighted by atomic mass is 10.1. The van der Waals surface area contributed by atoms with Gasteiger partial charge in [0.05, 0.1) is 21.1 Å². The van der Waals surface area contributed by atoms with Crippen LogP contribution in [-0.2, 0) is 0 Å². The summed E-state index contributed by atoms with van der Waals surface area (Å²) < 4.78 is 1.16. The van der Waals surface area contributed by atoms with Crippen LogP contribution in [0.25, 0.3) is 26.8 Å². The first-order valence-corrected chi connectivity index (χ1v) is 9.79. The Kier molecular flexibility index (Phi) is 4.67. The fourth-order valence-corrected chi connectivity index (χ4v) is 3.86. The number of rotatable bonds is 6. The van der Waals surface area contributed by atoms with E-state index in [2.05, 4.69) is 57.3 Å². The molecule has 6 heteroatoms. The number of anilines is 2. The van der Waals surface area contributed by atoms with Crippen LogP contribution in [-0.4, -0.2) is 19.9 Å². The monoisotopic (exact) mass is 363 g/mol. The Morgan fingerprint density at radius 3 is 2.96 bits per heavy atom. The summed E-state index contributed by atoms with van der Waals surface area (Å²) in [6, 6.07) is 8.32. The van der Waals surface area contributed by atoms with Gasteiger partial charge >= 0.3 is 0 Å². The van der Waals surface area contributed by atoms with Crippen molar-refractivity contribution in [3.8, 4) is 0 Å². The molecule has 0 spiro atoms. The van der Waals surface area contributed by atoms with Crippen LogP contribution < -0.4 is 5.32 Å². The van der Waals surface area contributed by atoms with Gasteiger partial charge < -0.3 is 10.3 Å². The Labute approximate surface area is 156 Å². The zero-order chi connectivity index (χ0) is 17.9. The molecule has 0 saturated carbocycles. The molecule has 4 rings (SSSR count). The van der Waals surface area contributed by atoms with Crippen molar-refractivity contribution >= 4 is 49.7 Å². The number of hydrogen-bond acceptors (Lipinski definition) is 5. The summed E-state index contributed by atoms with van der Waals surface area (Å²) in [4.78, 5) is 16.6. The van der Waals surface area contributed by atoms with Gasteiger partial charge in [-0.1, -0.05) is 26.3 Å². The average molecular weight is 363 g/mol. The van der Waals surface area contributed by atoms with E-state index < -0.39 is 0 Å². The number of allylic oxidation sites excluding steroid dienone is 2. The third kappa shape index (κ3) is 3.20. The minimum atomic E-state index is 0.814. The molecule has 3 heterocycles. The van der Waals surface area contributed by atoms with E-state index in [1.165, 1.54) is 5.57 Å². The van der Waals surface area contributed by atoms with Gasteiger partial charge in [0.1, 0.15) is 17.8 Å². The number of thiazole rings is 1. The second-order valence-corrected chi connectivity index (χ2v) is 7.10. The van der Waals surface area contributed by atoms with Gasteiger partial charge in [0.2, 0.25) is 0 Å². The van der Waals surface area contributed by atoms with E-state index in [9.17, 15) is 0 Å². The van der Waals surface area contributed by atoms with E-state index in [1.54, 1.807) is 17.7 Å². The molecule has 0 saturated heterocycles. The quantitative estimate of drug-likeness (QED) is 0.447. The lowest BCUT2D eigenvalue weighted by Gasteiger charge is -2.06.